The maximum atomic E-state index is 12.1. The van der Waals surface area contributed by atoms with Gasteiger partial charge in [0.1, 0.15) is 26.3 Å². The molecule has 2 N–H and O–H groups in total. The van der Waals surface area contributed by atoms with Crippen LogP contribution in [0.25, 0.3) is 11.3 Å². The van der Waals surface area contributed by atoms with Crippen molar-refractivity contribution in [3.05, 3.63) is 71.8 Å². The summed E-state index contributed by atoms with van der Waals surface area (Å²) in [4.78, 5) is 32.7. The second kappa shape index (κ2) is 10.7. The van der Waals surface area contributed by atoms with Crippen LogP contribution >= 0.6 is 0 Å². The van der Waals surface area contributed by atoms with Gasteiger partial charge in [0.15, 0.2) is 11.6 Å². The van der Waals surface area contributed by atoms with E-state index < -0.39 is 11.9 Å². The molecule has 0 fully saturated rings. The van der Waals surface area contributed by atoms with Gasteiger partial charge in [-0.05, 0) is 21.4 Å². The van der Waals surface area contributed by atoms with E-state index in [0.29, 0.717) is 0 Å². The number of ether oxygens (including phenoxy) is 2. The zero-order valence-electron chi connectivity index (χ0n) is 17.4. The summed E-state index contributed by atoms with van der Waals surface area (Å²) in [5.74, 6) is -0.615. The minimum atomic E-state index is -0.493. The highest BCUT2D eigenvalue weighted by Gasteiger charge is 2.15. The van der Waals surface area contributed by atoms with E-state index >= 15 is 0 Å². The highest BCUT2D eigenvalue weighted by molar-refractivity contribution is 5.81. The van der Waals surface area contributed by atoms with Crippen molar-refractivity contribution in [1.29, 1.82) is 0 Å². The molecule has 4 rings (SSSR count). The first-order chi connectivity index (χ1) is 16.2. The van der Waals surface area contributed by atoms with Gasteiger partial charge in [-0.25, -0.2) is 14.6 Å². The largest absolute Gasteiger partial charge is 0.460 e. The number of esters is 2. The first-order valence-electron chi connectivity index (χ1n) is 10.0. The van der Waals surface area contributed by atoms with Crippen molar-refractivity contribution in [3.8, 4) is 0 Å². The van der Waals surface area contributed by atoms with Crippen molar-refractivity contribution in [2.75, 3.05) is 23.7 Å². The molecule has 0 aliphatic carbocycles. The molecule has 168 valence electrons. The molecule has 0 spiro atoms. The zero-order valence-corrected chi connectivity index (χ0v) is 17.4. The lowest BCUT2D eigenvalue weighted by Gasteiger charge is -2.11. The smallest absolute Gasteiger partial charge is 0.325 e. The van der Waals surface area contributed by atoms with Crippen molar-refractivity contribution < 1.29 is 23.7 Å². The summed E-state index contributed by atoms with van der Waals surface area (Å²) >= 11 is 0. The van der Waals surface area contributed by atoms with Crippen LogP contribution in [-0.4, -0.2) is 45.3 Å². The predicted octanol–water partition coefficient (Wildman–Crippen LogP) is 2.32. The number of nitrogens with zero attached hydrogens (tertiary/aromatic N) is 4. The molecule has 0 saturated carbocycles. The molecule has 11 nitrogen and oxygen atoms in total. The Labute approximate surface area is 188 Å². The van der Waals surface area contributed by atoms with Crippen LogP contribution in [0.5, 0.6) is 0 Å². The van der Waals surface area contributed by atoms with Crippen LogP contribution in [0.15, 0.2) is 65.3 Å². The lowest BCUT2D eigenvalue weighted by Crippen LogP contribution is -2.21. The summed E-state index contributed by atoms with van der Waals surface area (Å²) in [6.07, 6.45) is 0. The standard InChI is InChI=1S/C22H20N6O5/c29-17(31-13-15-7-3-1-4-8-15)11-23-19-20(26-22-21(25-19)27-33-28-22)24-12-18(30)32-14-16-9-5-2-6-10-16/h1-10H,11-14H2,(H,23,25,27)(H,24,26,28). The Kier molecular flexibility index (Phi) is 7.01. The molecule has 0 saturated heterocycles. The van der Waals surface area contributed by atoms with E-state index in [-0.39, 0.29) is 49.2 Å². The third kappa shape index (κ3) is 6.23. The van der Waals surface area contributed by atoms with Crippen molar-refractivity contribution in [2.24, 2.45) is 0 Å². The Bertz CT molecular complexity index is 1120. The minimum Gasteiger partial charge on any atom is -0.460 e. The van der Waals surface area contributed by atoms with Gasteiger partial charge >= 0.3 is 11.9 Å². The minimum absolute atomic E-state index is 0.146. The molecule has 2 aromatic heterocycles. The fourth-order valence-electron chi connectivity index (χ4n) is 2.77. The van der Waals surface area contributed by atoms with E-state index in [9.17, 15) is 9.59 Å². The van der Waals surface area contributed by atoms with Crippen LogP contribution in [0.4, 0.5) is 11.6 Å². The topological polar surface area (TPSA) is 141 Å². The van der Waals surface area contributed by atoms with Crippen LogP contribution < -0.4 is 10.6 Å². The average Bonchev–Trinajstić information content (AvgIpc) is 3.32. The van der Waals surface area contributed by atoms with Crippen molar-refractivity contribution in [1.82, 2.24) is 20.3 Å². The van der Waals surface area contributed by atoms with Gasteiger partial charge in [0.2, 0.25) is 11.3 Å². The van der Waals surface area contributed by atoms with Crippen molar-refractivity contribution >= 4 is 34.9 Å². The first kappa shape index (κ1) is 21.7. The van der Waals surface area contributed by atoms with Gasteiger partial charge in [-0.3, -0.25) is 9.59 Å². The molecule has 0 amide bonds. The summed E-state index contributed by atoms with van der Waals surface area (Å²) in [5, 5.41) is 13.0. The number of hydrogen-bond acceptors (Lipinski definition) is 11. The third-order valence-electron chi connectivity index (χ3n) is 4.40. The number of carbonyl (C=O) groups excluding carboxylic acids is 2. The van der Waals surface area contributed by atoms with Crippen molar-refractivity contribution in [2.45, 2.75) is 13.2 Å². The van der Waals surface area contributed by atoms with Crippen LogP contribution in [0, 0.1) is 0 Å². The molecule has 33 heavy (non-hydrogen) atoms. The summed E-state index contributed by atoms with van der Waals surface area (Å²) < 4.78 is 15.1. The van der Waals surface area contributed by atoms with Crippen LogP contribution in [-0.2, 0) is 32.3 Å². The van der Waals surface area contributed by atoms with E-state index in [2.05, 4.69) is 35.5 Å². The second-order valence-electron chi connectivity index (χ2n) is 6.83. The molecular weight excluding hydrogens is 428 g/mol. The van der Waals surface area contributed by atoms with E-state index in [1.807, 2.05) is 60.7 Å². The number of fused-ring (bicyclic) bond motifs is 1. The lowest BCUT2D eigenvalue weighted by atomic mass is 10.2. The molecule has 0 radical (unpaired) electrons. The Balaban J connectivity index is 1.34. The molecule has 4 aromatic rings. The number of anilines is 2. The predicted molar refractivity (Wildman–Crippen MR) is 117 cm³/mol. The number of aromatic nitrogens is 4. The maximum absolute atomic E-state index is 12.1. The summed E-state index contributed by atoms with van der Waals surface area (Å²) in [6.45, 7) is -0.0495. The van der Waals surface area contributed by atoms with Gasteiger partial charge in [0.25, 0.3) is 0 Å². The monoisotopic (exact) mass is 448 g/mol. The highest BCUT2D eigenvalue weighted by Crippen LogP contribution is 2.19. The fraction of sp³-hybridized carbons (Fsp3) is 0.182. The van der Waals surface area contributed by atoms with Crippen LogP contribution in [0.1, 0.15) is 11.1 Å². The molecule has 11 heteroatoms. The van der Waals surface area contributed by atoms with E-state index in [1.165, 1.54) is 0 Å². The first-order valence-corrected chi connectivity index (χ1v) is 10.0. The number of nitrogens with one attached hydrogen (secondary N) is 2. The van der Waals surface area contributed by atoms with Crippen molar-refractivity contribution in [3.63, 3.8) is 0 Å². The Hall–Kier alpha value is -4.54. The number of rotatable bonds is 10. The molecule has 0 bridgehead atoms. The van der Waals surface area contributed by atoms with E-state index in [0.717, 1.165) is 11.1 Å². The maximum Gasteiger partial charge on any atom is 0.325 e. The van der Waals surface area contributed by atoms with E-state index in [4.69, 9.17) is 9.47 Å². The lowest BCUT2D eigenvalue weighted by molar-refractivity contribution is -0.143. The SMILES string of the molecule is O=C(CNc1nc2nonc2nc1NCC(=O)OCc1ccccc1)OCc1ccccc1. The average molecular weight is 448 g/mol. The van der Waals surface area contributed by atoms with Gasteiger partial charge in [0.05, 0.1) is 0 Å². The van der Waals surface area contributed by atoms with Gasteiger partial charge in [-0.2, -0.15) is 0 Å². The summed E-state index contributed by atoms with van der Waals surface area (Å²) in [6, 6.07) is 18.6. The van der Waals surface area contributed by atoms with Gasteiger partial charge in [-0.1, -0.05) is 60.7 Å². The van der Waals surface area contributed by atoms with Crippen LogP contribution in [0.2, 0.25) is 0 Å². The molecule has 0 unspecified atom stereocenters. The number of hydrogen-bond donors (Lipinski definition) is 2. The van der Waals surface area contributed by atoms with Gasteiger partial charge in [-0.15, -0.1) is 0 Å². The summed E-state index contributed by atoms with van der Waals surface area (Å²) in [5.41, 5.74) is 2.04. The molecule has 2 heterocycles. The second-order valence-corrected chi connectivity index (χ2v) is 6.83. The molecule has 0 atom stereocenters. The van der Waals surface area contributed by atoms with Gasteiger partial charge < -0.3 is 20.1 Å². The Morgan fingerprint density at radius 2 is 1.12 bits per heavy atom. The molecule has 0 aliphatic rings. The molecular formula is C22H20N6O5. The Morgan fingerprint density at radius 3 is 1.55 bits per heavy atom. The highest BCUT2D eigenvalue weighted by atomic mass is 16.6. The Morgan fingerprint density at radius 1 is 0.697 bits per heavy atom. The molecule has 0 aliphatic heterocycles. The zero-order chi connectivity index (χ0) is 22.9. The third-order valence-corrected chi connectivity index (χ3v) is 4.40. The quantitative estimate of drug-likeness (QED) is 0.345. The normalized spacial score (nSPS) is 10.5. The molecule has 2 aromatic carbocycles. The van der Waals surface area contributed by atoms with Crippen LogP contribution in [0.3, 0.4) is 0 Å². The fourth-order valence-corrected chi connectivity index (χ4v) is 2.77. The van der Waals surface area contributed by atoms with Gasteiger partial charge in [0, 0.05) is 0 Å². The van der Waals surface area contributed by atoms with E-state index in [1.54, 1.807) is 0 Å². The number of carbonyl (C=O) groups is 2. The number of benzene rings is 2. The summed E-state index contributed by atoms with van der Waals surface area (Å²) in [7, 11) is 0.